The van der Waals surface area contributed by atoms with Crippen molar-refractivity contribution < 1.29 is 0 Å². The fourth-order valence-corrected chi connectivity index (χ4v) is 9.19. The molecular formula is C51H33N5S. The molecule has 0 radical (unpaired) electrons. The number of fused-ring (bicyclic) bond motifs is 7. The van der Waals surface area contributed by atoms with Gasteiger partial charge in [-0.1, -0.05) is 140 Å². The van der Waals surface area contributed by atoms with Crippen LogP contribution in [-0.4, -0.2) is 24.5 Å². The number of para-hydroxylation sites is 2. The van der Waals surface area contributed by atoms with Crippen LogP contribution in [0.4, 0.5) is 0 Å². The summed E-state index contributed by atoms with van der Waals surface area (Å²) in [6, 6.07) is 63.8. The molecule has 0 amide bonds. The lowest BCUT2D eigenvalue weighted by Gasteiger charge is -2.13. The zero-order chi connectivity index (χ0) is 37.7. The topological polar surface area (TPSA) is 56.5 Å². The summed E-state index contributed by atoms with van der Waals surface area (Å²) in [4.78, 5) is 20.4. The van der Waals surface area contributed by atoms with Crippen molar-refractivity contribution in [3.05, 3.63) is 200 Å². The number of hydrogen-bond donors (Lipinski definition) is 0. The summed E-state index contributed by atoms with van der Waals surface area (Å²) >= 11 is 1.84. The van der Waals surface area contributed by atoms with E-state index in [1.54, 1.807) is 0 Å². The van der Waals surface area contributed by atoms with Gasteiger partial charge in [0.15, 0.2) is 11.6 Å². The van der Waals surface area contributed by atoms with Gasteiger partial charge in [-0.2, -0.15) is 0 Å². The van der Waals surface area contributed by atoms with E-state index >= 15 is 0 Å². The molecule has 0 unspecified atom stereocenters. The normalized spacial score (nSPS) is 11.6. The van der Waals surface area contributed by atoms with Gasteiger partial charge in [0.1, 0.15) is 5.82 Å². The third-order valence-corrected chi connectivity index (χ3v) is 11.9. The fraction of sp³-hybridized carbons (Fsp3) is 0.0196. The Morgan fingerprint density at radius 1 is 0.456 bits per heavy atom. The minimum Gasteiger partial charge on any atom is -0.309 e. The highest BCUT2D eigenvalue weighted by atomic mass is 32.1. The van der Waals surface area contributed by atoms with E-state index in [0.29, 0.717) is 23.9 Å². The van der Waals surface area contributed by atoms with E-state index in [9.17, 15) is 0 Å². The molecule has 0 aliphatic heterocycles. The molecular weight excluding hydrogens is 715 g/mol. The van der Waals surface area contributed by atoms with E-state index in [2.05, 4.69) is 120 Å². The fourth-order valence-electron chi connectivity index (χ4n) is 8.11. The Hall–Kier alpha value is -7.28. The largest absolute Gasteiger partial charge is 0.309 e. The standard InChI is InChI=1S/C51H33N5S/c1-5-15-33(16-6-1)38-29-37(31-46-53-50(34-17-7-2-8-18-34)55-51(54-46)35-19-9-3-10-20-35)48(52-32-38)36-25-27-44-42(30-36)47-45(57-44)28-26-41-40-23-13-14-24-43(40)56(49(41)47)39-21-11-4-12-22-39/h1-30,32H,31H2. The Morgan fingerprint density at radius 2 is 1.07 bits per heavy atom. The first-order chi connectivity index (χ1) is 28.2. The molecule has 6 heteroatoms. The van der Waals surface area contributed by atoms with Gasteiger partial charge in [0.05, 0.1) is 16.7 Å². The zero-order valence-corrected chi connectivity index (χ0v) is 31.6. The first-order valence-electron chi connectivity index (χ1n) is 19.1. The molecule has 11 aromatic rings. The van der Waals surface area contributed by atoms with Crippen molar-refractivity contribution in [3.63, 3.8) is 0 Å². The van der Waals surface area contributed by atoms with Gasteiger partial charge in [-0.05, 0) is 53.6 Å². The molecule has 4 aromatic heterocycles. The van der Waals surface area contributed by atoms with Crippen LogP contribution in [0.2, 0.25) is 0 Å². The summed E-state index contributed by atoms with van der Waals surface area (Å²) in [6.45, 7) is 0. The first kappa shape index (κ1) is 33.1. The number of thiophene rings is 1. The van der Waals surface area contributed by atoms with Gasteiger partial charge in [-0.25, -0.2) is 15.0 Å². The summed E-state index contributed by atoms with van der Waals surface area (Å²) in [5, 5.41) is 4.97. The molecule has 0 saturated heterocycles. The lowest BCUT2D eigenvalue weighted by molar-refractivity contribution is 0.930. The molecule has 0 spiro atoms. The van der Waals surface area contributed by atoms with E-state index in [1.165, 1.54) is 42.0 Å². The van der Waals surface area contributed by atoms with E-state index in [-0.39, 0.29) is 0 Å². The molecule has 0 atom stereocenters. The molecule has 0 aliphatic rings. The van der Waals surface area contributed by atoms with Gasteiger partial charge in [0.25, 0.3) is 0 Å². The van der Waals surface area contributed by atoms with Gasteiger partial charge >= 0.3 is 0 Å². The summed E-state index contributed by atoms with van der Waals surface area (Å²) in [5.41, 5.74) is 10.6. The highest BCUT2D eigenvalue weighted by Crippen LogP contribution is 2.44. The van der Waals surface area contributed by atoms with E-state index in [1.807, 2.05) is 84.3 Å². The molecule has 11 rings (SSSR count). The highest BCUT2D eigenvalue weighted by Gasteiger charge is 2.20. The maximum atomic E-state index is 5.24. The SMILES string of the molecule is c1ccc(-c2cnc(-c3ccc4sc5ccc6c7ccccc7n(-c7ccccc7)c6c5c4c3)c(Cc3nc(-c4ccccc4)nc(-c4ccccc4)n3)c2)cc1. The second-order valence-corrected chi connectivity index (χ2v) is 15.3. The van der Waals surface area contributed by atoms with Crippen molar-refractivity contribution in [2.75, 3.05) is 0 Å². The minimum atomic E-state index is 0.472. The number of pyridine rings is 1. The molecule has 0 saturated carbocycles. The Morgan fingerprint density at radius 3 is 1.77 bits per heavy atom. The number of hydrogen-bond acceptors (Lipinski definition) is 5. The summed E-state index contributed by atoms with van der Waals surface area (Å²) in [6.07, 6.45) is 2.47. The predicted molar refractivity (Wildman–Crippen MR) is 236 cm³/mol. The van der Waals surface area contributed by atoms with Crippen molar-refractivity contribution in [1.29, 1.82) is 0 Å². The lowest BCUT2D eigenvalue weighted by atomic mass is 9.97. The van der Waals surface area contributed by atoms with Gasteiger partial charge < -0.3 is 4.57 Å². The van der Waals surface area contributed by atoms with Crippen LogP contribution in [0.25, 0.3) is 92.8 Å². The predicted octanol–water partition coefficient (Wildman–Crippen LogP) is 13.0. The third kappa shape index (κ3) is 5.86. The molecule has 7 aromatic carbocycles. The van der Waals surface area contributed by atoms with E-state index < -0.39 is 0 Å². The highest BCUT2D eigenvalue weighted by molar-refractivity contribution is 7.26. The van der Waals surface area contributed by atoms with Crippen LogP contribution >= 0.6 is 11.3 Å². The van der Waals surface area contributed by atoms with E-state index in [4.69, 9.17) is 19.9 Å². The van der Waals surface area contributed by atoms with Crippen LogP contribution in [0.1, 0.15) is 11.4 Å². The van der Waals surface area contributed by atoms with Crippen molar-refractivity contribution >= 4 is 53.3 Å². The Bertz CT molecular complexity index is 3190. The van der Waals surface area contributed by atoms with Crippen molar-refractivity contribution in [3.8, 4) is 50.8 Å². The number of rotatable bonds is 7. The van der Waals surface area contributed by atoms with Crippen LogP contribution in [0, 0.1) is 0 Å². The summed E-state index contributed by atoms with van der Waals surface area (Å²) < 4.78 is 4.93. The van der Waals surface area contributed by atoms with Gasteiger partial charge in [0.2, 0.25) is 0 Å². The molecule has 0 bridgehead atoms. The van der Waals surface area contributed by atoms with Crippen molar-refractivity contribution in [2.45, 2.75) is 6.42 Å². The molecule has 0 N–H and O–H groups in total. The van der Waals surface area contributed by atoms with Crippen molar-refractivity contribution in [2.24, 2.45) is 0 Å². The summed E-state index contributed by atoms with van der Waals surface area (Å²) in [7, 11) is 0. The second-order valence-electron chi connectivity index (χ2n) is 14.2. The summed E-state index contributed by atoms with van der Waals surface area (Å²) in [5.74, 6) is 1.99. The van der Waals surface area contributed by atoms with Crippen LogP contribution in [0.15, 0.2) is 188 Å². The van der Waals surface area contributed by atoms with Gasteiger partial charge in [-0.15, -0.1) is 11.3 Å². The third-order valence-electron chi connectivity index (χ3n) is 10.7. The average Bonchev–Trinajstić information content (AvgIpc) is 3.83. The smallest absolute Gasteiger partial charge is 0.163 e. The maximum absolute atomic E-state index is 5.24. The van der Waals surface area contributed by atoms with Gasteiger partial charge in [-0.3, -0.25) is 4.98 Å². The molecule has 0 aliphatic carbocycles. The maximum Gasteiger partial charge on any atom is 0.163 e. The minimum absolute atomic E-state index is 0.472. The lowest BCUT2D eigenvalue weighted by Crippen LogP contribution is -2.05. The number of aromatic nitrogens is 5. The Kier molecular flexibility index (Phi) is 8.00. The van der Waals surface area contributed by atoms with E-state index in [0.717, 1.165) is 44.8 Å². The number of nitrogens with zero attached hydrogens (tertiary/aromatic N) is 5. The van der Waals surface area contributed by atoms with Crippen molar-refractivity contribution in [1.82, 2.24) is 24.5 Å². The monoisotopic (exact) mass is 747 g/mol. The Balaban J connectivity index is 1.12. The van der Waals surface area contributed by atoms with Crippen LogP contribution in [0.3, 0.4) is 0 Å². The van der Waals surface area contributed by atoms with Gasteiger partial charge in [0, 0.05) is 71.5 Å². The molecule has 0 fully saturated rings. The molecule has 57 heavy (non-hydrogen) atoms. The molecule has 5 nitrogen and oxygen atoms in total. The molecule has 4 heterocycles. The quantitative estimate of drug-likeness (QED) is 0.163. The Labute approximate surface area is 333 Å². The average molecular weight is 748 g/mol. The second kappa shape index (κ2) is 13.8. The van der Waals surface area contributed by atoms with Crippen LogP contribution < -0.4 is 0 Å². The molecule has 268 valence electrons. The zero-order valence-electron chi connectivity index (χ0n) is 30.7. The first-order valence-corrected chi connectivity index (χ1v) is 19.9. The van der Waals surface area contributed by atoms with Crippen LogP contribution in [-0.2, 0) is 6.42 Å². The van der Waals surface area contributed by atoms with Crippen LogP contribution in [0.5, 0.6) is 0 Å². The number of benzene rings is 7.